The summed E-state index contributed by atoms with van der Waals surface area (Å²) in [6.45, 7) is 15.8. The van der Waals surface area contributed by atoms with Gasteiger partial charge in [-0.25, -0.2) is 9.59 Å². The van der Waals surface area contributed by atoms with Crippen molar-refractivity contribution in [3.05, 3.63) is 35.9 Å². The van der Waals surface area contributed by atoms with Crippen molar-refractivity contribution in [1.29, 1.82) is 0 Å². The van der Waals surface area contributed by atoms with Gasteiger partial charge in [-0.1, -0.05) is 105 Å². The molecule has 2 aliphatic carbocycles. The average molecular weight is 697 g/mol. The van der Waals surface area contributed by atoms with Crippen LogP contribution in [-0.4, -0.2) is 77.8 Å². The molecule has 6 N–H and O–H groups in total. The van der Waals surface area contributed by atoms with Gasteiger partial charge in [0.2, 0.25) is 17.6 Å². The van der Waals surface area contributed by atoms with E-state index in [1.165, 1.54) is 4.90 Å². The first kappa shape index (κ1) is 38.6. The summed E-state index contributed by atoms with van der Waals surface area (Å²) < 4.78 is 5.46. The van der Waals surface area contributed by atoms with Crippen molar-refractivity contribution in [2.75, 3.05) is 13.2 Å². The van der Waals surface area contributed by atoms with Crippen molar-refractivity contribution < 1.29 is 33.5 Å². The van der Waals surface area contributed by atoms with Crippen LogP contribution < -0.4 is 27.0 Å². The standard InChI is InChI=1S/C37H56N6O7/c1-35(2,3)25(20-50-34(49)39-18-22-13-10-9-11-14-22)41-33(48)42-29(36(4,5)6)32(47)43-19-23-26(37(23,7)8)27(43)31(46)40-24(28(44)30(38)45)17-21-15-12-16-21/h9-11,13-14,21,23-27,29H,12,15-20H2,1-8H3,(H2,38,45)(H,39,49)(H,40,46)(H2,41,42,48)/t23-,24?,25-,26-,27-,29+/m0/s1. The number of hydrogen-bond donors (Lipinski definition) is 5. The van der Waals surface area contributed by atoms with E-state index in [0.717, 1.165) is 24.8 Å². The maximum absolute atomic E-state index is 14.4. The highest BCUT2D eigenvalue weighted by atomic mass is 16.5. The highest BCUT2D eigenvalue weighted by Gasteiger charge is 2.70. The highest BCUT2D eigenvalue weighted by molar-refractivity contribution is 6.37. The number of Topliss-reactive ketones (excluding diaryl/α,β-unsaturated/α-hetero) is 1. The lowest BCUT2D eigenvalue weighted by Crippen LogP contribution is -2.62. The van der Waals surface area contributed by atoms with Gasteiger partial charge in [0.15, 0.2) is 0 Å². The number of fused-ring (bicyclic) bond motifs is 1. The third-order valence-electron chi connectivity index (χ3n) is 10.8. The van der Waals surface area contributed by atoms with Gasteiger partial charge in [0.1, 0.15) is 18.7 Å². The number of ketones is 1. The molecule has 3 fully saturated rings. The third kappa shape index (κ3) is 9.14. The van der Waals surface area contributed by atoms with Gasteiger partial charge < -0.3 is 36.6 Å². The Morgan fingerprint density at radius 2 is 1.58 bits per heavy atom. The Morgan fingerprint density at radius 3 is 2.12 bits per heavy atom. The van der Waals surface area contributed by atoms with Crippen molar-refractivity contribution in [3.63, 3.8) is 0 Å². The Bertz CT molecular complexity index is 1450. The SMILES string of the molecule is CC(C)(C)[C@H](COC(=O)NCc1ccccc1)NC(=O)N[C@H](C(=O)N1C[C@H]2[C@@H]([C@H]1C(=O)NC(CC1CCC1)C(=O)C(N)=O)C2(C)C)C(C)(C)C. The van der Waals surface area contributed by atoms with E-state index < -0.39 is 70.6 Å². The molecule has 0 aromatic heterocycles. The minimum absolute atomic E-state index is 0.0593. The van der Waals surface area contributed by atoms with Crippen LogP contribution in [0.3, 0.4) is 0 Å². The second-order valence-electron chi connectivity index (χ2n) is 17.0. The minimum Gasteiger partial charge on any atom is -0.447 e. The summed E-state index contributed by atoms with van der Waals surface area (Å²) >= 11 is 0. The predicted molar refractivity (Wildman–Crippen MR) is 187 cm³/mol. The summed E-state index contributed by atoms with van der Waals surface area (Å²) in [7, 11) is 0. The van der Waals surface area contributed by atoms with Crippen LogP contribution in [0.2, 0.25) is 0 Å². The molecule has 6 atom stereocenters. The zero-order chi connectivity index (χ0) is 37.2. The Morgan fingerprint density at radius 1 is 0.940 bits per heavy atom. The number of nitrogens with two attached hydrogens (primary N) is 1. The predicted octanol–water partition coefficient (Wildman–Crippen LogP) is 3.25. The zero-order valence-electron chi connectivity index (χ0n) is 30.8. The summed E-state index contributed by atoms with van der Waals surface area (Å²) in [5, 5.41) is 11.2. The summed E-state index contributed by atoms with van der Waals surface area (Å²) in [6, 6.07) is 5.22. The van der Waals surface area contributed by atoms with E-state index in [2.05, 4.69) is 35.1 Å². The fourth-order valence-corrected chi connectivity index (χ4v) is 7.17. The summed E-state index contributed by atoms with van der Waals surface area (Å²) in [5.41, 5.74) is 4.79. The van der Waals surface area contributed by atoms with Gasteiger partial charge in [-0.3, -0.25) is 19.2 Å². The first-order valence-corrected chi connectivity index (χ1v) is 17.7. The Balaban J connectivity index is 1.44. The maximum Gasteiger partial charge on any atom is 0.407 e. The molecular formula is C37H56N6O7. The largest absolute Gasteiger partial charge is 0.447 e. The third-order valence-corrected chi connectivity index (χ3v) is 10.8. The summed E-state index contributed by atoms with van der Waals surface area (Å²) in [6.07, 6.45) is 2.55. The number of nitrogens with one attached hydrogen (secondary N) is 4. The molecule has 1 aromatic rings. The number of amides is 6. The second-order valence-corrected chi connectivity index (χ2v) is 17.0. The molecular weight excluding hydrogens is 640 g/mol. The molecule has 1 heterocycles. The van der Waals surface area contributed by atoms with Crippen molar-refractivity contribution in [3.8, 4) is 0 Å². The van der Waals surface area contributed by atoms with Crippen molar-refractivity contribution in [2.24, 2.45) is 39.7 Å². The van der Waals surface area contributed by atoms with Gasteiger partial charge in [0, 0.05) is 13.1 Å². The maximum atomic E-state index is 14.4. The number of primary amides is 1. The molecule has 4 rings (SSSR count). The van der Waals surface area contributed by atoms with Gasteiger partial charge >= 0.3 is 12.1 Å². The minimum atomic E-state index is -1.10. The van der Waals surface area contributed by atoms with Gasteiger partial charge in [-0.15, -0.1) is 0 Å². The number of carbonyl (C=O) groups excluding carboxylic acids is 6. The topological polar surface area (TPSA) is 189 Å². The number of piperidine rings is 1. The number of benzene rings is 1. The van der Waals surface area contributed by atoms with Crippen LogP contribution in [0.1, 0.15) is 86.6 Å². The van der Waals surface area contributed by atoms with E-state index in [1.54, 1.807) is 0 Å². The van der Waals surface area contributed by atoms with Gasteiger partial charge in [0.05, 0.1) is 12.1 Å². The molecule has 0 bridgehead atoms. The van der Waals surface area contributed by atoms with Crippen molar-refractivity contribution >= 4 is 35.6 Å². The van der Waals surface area contributed by atoms with E-state index in [4.69, 9.17) is 10.5 Å². The Hall–Kier alpha value is -4.16. The highest BCUT2D eigenvalue weighted by Crippen LogP contribution is 2.65. The molecule has 0 radical (unpaired) electrons. The molecule has 6 amide bonds. The zero-order valence-corrected chi connectivity index (χ0v) is 30.8. The Labute approximate surface area is 295 Å². The summed E-state index contributed by atoms with van der Waals surface area (Å²) in [5.74, 6) is -2.74. The number of ether oxygens (including phenoxy) is 1. The van der Waals surface area contributed by atoms with Crippen LogP contribution in [0.25, 0.3) is 0 Å². The smallest absolute Gasteiger partial charge is 0.407 e. The van der Waals surface area contributed by atoms with Crippen LogP contribution in [0.5, 0.6) is 0 Å². The molecule has 13 nitrogen and oxygen atoms in total. The summed E-state index contributed by atoms with van der Waals surface area (Å²) in [4.78, 5) is 80.4. The van der Waals surface area contributed by atoms with Crippen LogP contribution in [0, 0.1) is 34.0 Å². The lowest BCUT2D eigenvalue weighted by molar-refractivity contribution is -0.145. The van der Waals surface area contributed by atoms with Crippen LogP contribution in [0.4, 0.5) is 9.59 Å². The molecule has 1 aliphatic heterocycles. The van der Waals surface area contributed by atoms with Gasteiger partial charge in [-0.2, -0.15) is 0 Å². The monoisotopic (exact) mass is 696 g/mol. The molecule has 3 aliphatic rings. The number of nitrogens with zero attached hydrogens (tertiary/aromatic N) is 1. The molecule has 1 unspecified atom stereocenters. The van der Waals surface area contributed by atoms with Gasteiger partial charge in [-0.05, 0) is 46.0 Å². The number of carbonyl (C=O) groups is 6. The molecule has 1 saturated heterocycles. The fourth-order valence-electron chi connectivity index (χ4n) is 7.17. The number of urea groups is 1. The van der Waals surface area contributed by atoms with E-state index in [1.807, 2.05) is 71.9 Å². The van der Waals surface area contributed by atoms with E-state index in [0.29, 0.717) is 19.5 Å². The molecule has 276 valence electrons. The quantitative estimate of drug-likeness (QED) is 0.196. The van der Waals surface area contributed by atoms with E-state index in [-0.39, 0.29) is 29.8 Å². The average Bonchev–Trinajstić information content (AvgIpc) is 3.31. The number of rotatable bonds is 13. The van der Waals surface area contributed by atoms with Gasteiger partial charge in [0.25, 0.3) is 5.91 Å². The first-order valence-electron chi connectivity index (χ1n) is 17.7. The van der Waals surface area contributed by atoms with Crippen LogP contribution in [0.15, 0.2) is 30.3 Å². The molecule has 0 spiro atoms. The molecule has 1 aromatic carbocycles. The van der Waals surface area contributed by atoms with E-state index >= 15 is 0 Å². The van der Waals surface area contributed by atoms with Crippen LogP contribution in [-0.2, 0) is 30.5 Å². The lowest BCUT2D eigenvalue weighted by atomic mass is 9.80. The van der Waals surface area contributed by atoms with E-state index in [9.17, 15) is 28.8 Å². The first-order chi connectivity index (χ1) is 23.2. The number of hydrogen-bond acceptors (Lipinski definition) is 7. The molecule has 13 heteroatoms. The molecule has 2 saturated carbocycles. The van der Waals surface area contributed by atoms with Crippen molar-refractivity contribution in [1.82, 2.24) is 26.2 Å². The second kappa shape index (κ2) is 15.0. The lowest BCUT2D eigenvalue weighted by Gasteiger charge is -2.39. The van der Waals surface area contributed by atoms with Crippen LogP contribution >= 0.6 is 0 Å². The number of alkyl carbamates (subject to hydrolysis) is 1. The Kier molecular flexibility index (Phi) is 11.6. The normalized spacial score (nSPS) is 22.9. The fraction of sp³-hybridized carbons (Fsp3) is 0.676. The molecule has 50 heavy (non-hydrogen) atoms. The number of likely N-dealkylation sites (tertiary alicyclic amines) is 1. The van der Waals surface area contributed by atoms with Crippen molar-refractivity contribution in [2.45, 2.75) is 112 Å².